The number of amides is 2. The summed E-state index contributed by atoms with van der Waals surface area (Å²) in [6.45, 7) is 12.8. The van der Waals surface area contributed by atoms with Gasteiger partial charge in [-0.2, -0.15) is 0 Å². The van der Waals surface area contributed by atoms with Crippen LogP contribution in [0.15, 0.2) is 36.4 Å². The number of nitrogens with zero attached hydrogens (tertiary/aromatic N) is 4. The van der Waals surface area contributed by atoms with E-state index in [1.807, 2.05) is 51.3 Å². The number of imidazole rings is 2. The summed E-state index contributed by atoms with van der Waals surface area (Å²) < 4.78 is 11.4. The third-order valence-corrected chi connectivity index (χ3v) is 10.3. The van der Waals surface area contributed by atoms with Gasteiger partial charge in [-0.15, -0.1) is 0 Å². The van der Waals surface area contributed by atoms with Crippen LogP contribution in [0.2, 0.25) is 0 Å². The minimum atomic E-state index is -0.533. The first-order valence-corrected chi connectivity index (χ1v) is 18.2. The maximum absolute atomic E-state index is 13.0. The summed E-state index contributed by atoms with van der Waals surface area (Å²) in [5.74, 6) is 1.72. The number of H-pyrrole nitrogens is 2. The number of hydrogen-bond acceptors (Lipinski definition) is 6. The first kappa shape index (κ1) is 32.6. The van der Waals surface area contributed by atoms with E-state index in [0.29, 0.717) is 13.1 Å². The maximum atomic E-state index is 13.0. The molecule has 2 aliphatic carbocycles. The van der Waals surface area contributed by atoms with Crippen molar-refractivity contribution in [3.05, 3.63) is 70.6 Å². The minimum absolute atomic E-state index is 0.0955. The number of aromatic nitrogens is 4. The molecule has 4 heterocycles. The number of rotatable bonds is 3. The molecular formula is C40H48N6O4. The lowest BCUT2D eigenvalue weighted by molar-refractivity contribution is 0.0208. The number of likely N-dealkylation sites (tertiary alicyclic amines) is 2. The number of aryl methyl sites for hydroxylation is 4. The Kier molecular flexibility index (Phi) is 7.84. The van der Waals surface area contributed by atoms with Crippen molar-refractivity contribution in [3.8, 4) is 33.6 Å². The second-order valence-corrected chi connectivity index (χ2v) is 16.3. The Balaban J connectivity index is 1.02. The zero-order valence-electron chi connectivity index (χ0n) is 30.1. The van der Waals surface area contributed by atoms with Crippen molar-refractivity contribution in [2.75, 3.05) is 13.1 Å². The molecule has 0 radical (unpaired) electrons. The van der Waals surface area contributed by atoms with Crippen molar-refractivity contribution in [3.63, 3.8) is 0 Å². The van der Waals surface area contributed by atoms with E-state index < -0.39 is 11.2 Å². The van der Waals surface area contributed by atoms with Crippen molar-refractivity contribution >= 4 is 12.2 Å². The number of carbonyl (C=O) groups excluding carboxylic acids is 2. The van der Waals surface area contributed by atoms with Gasteiger partial charge in [0.2, 0.25) is 0 Å². The second kappa shape index (κ2) is 12.0. The molecule has 50 heavy (non-hydrogen) atoms. The highest BCUT2D eigenvalue weighted by Crippen LogP contribution is 2.41. The summed E-state index contributed by atoms with van der Waals surface area (Å²) in [5.41, 5.74) is 10.6. The Morgan fingerprint density at radius 1 is 0.660 bits per heavy atom. The number of aromatic amines is 2. The van der Waals surface area contributed by atoms with Crippen LogP contribution in [0, 0.1) is 0 Å². The molecule has 2 saturated heterocycles. The van der Waals surface area contributed by atoms with Gasteiger partial charge in [-0.3, -0.25) is 9.80 Å². The molecule has 2 aliphatic heterocycles. The predicted molar refractivity (Wildman–Crippen MR) is 192 cm³/mol. The molecule has 2 amide bonds. The van der Waals surface area contributed by atoms with Crippen LogP contribution < -0.4 is 0 Å². The van der Waals surface area contributed by atoms with Gasteiger partial charge in [0.15, 0.2) is 0 Å². The maximum Gasteiger partial charge on any atom is 0.410 e. The SMILES string of the molecule is CC(C)(C)OC(=O)N1CCC[C@H]1c1nc2c([nH]1)CCc1cc(-c3ccc4c(c3)CCc3[nH]c([C@@H]5CCCN5C(=O)OC(C)(C)C)nc3-4)ccc1-2. The number of ether oxygens (including phenoxy) is 2. The fourth-order valence-corrected chi connectivity index (χ4v) is 8.10. The lowest BCUT2D eigenvalue weighted by Crippen LogP contribution is -2.36. The van der Waals surface area contributed by atoms with E-state index in [4.69, 9.17) is 19.4 Å². The Bertz CT molecular complexity index is 1840. The van der Waals surface area contributed by atoms with Crippen molar-refractivity contribution in [2.24, 2.45) is 0 Å². The van der Waals surface area contributed by atoms with Gasteiger partial charge in [0.1, 0.15) is 22.9 Å². The van der Waals surface area contributed by atoms with Crippen LogP contribution >= 0.6 is 0 Å². The van der Waals surface area contributed by atoms with E-state index in [0.717, 1.165) is 85.8 Å². The largest absolute Gasteiger partial charge is 0.444 e. The van der Waals surface area contributed by atoms with Gasteiger partial charge in [-0.05, 0) is 115 Å². The van der Waals surface area contributed by atoms with Crippen molar-refractivity contribution in [2.45, 2.75) is 116 Å². The zero-order valence-corrected chi connectivity index (χ0v) is 30.1. The summed E-state index contributed by atoms with van der Waals surface area (Å²) in [6, 6.07) is 13.3. The molecule has 0 unspecified atom stereocenters. The summed E-state index contributed by atoms with van der Waals surface area (Å²) >= 11 is 0. The molecule has 2 atom stereocenters. The number of fused-ring (bicyclic) bond motifs is 6. The Labute approximate surface area is 294 Å². The van der Waals surface area contributed by atoms with Crippen LogP contribution in [0.25, 0.3) is 33.6 Å². The molecule has 262 valence electrons. The van der Waals surface area contributed by atoms with Crippen LogP contribution in [0.4, 0.5) is 9.59 Å². The van der Waals surface area contributed by atoms with E-state index in [2.05, 4.69) is 46.4 Å². The Morgan fingerprint density at radius 3 is 1.48 bits per heavy atom. The van der Waals surface area contributed by atoms with Crippen molar-refractivity contribution < 1.29 is 19.1 Å². The van der Waals surface area contributed by atoms with E-state index in [1.165, 1.54) is 33.4 Å². The van der Waals surface area contributed by atoms with Gasteiger partial charge in [0, 0.05) is 35.6 Å². The van der Waals surface area contributed by atoms with Crippen LogP contribution in [0.3, 0.4) is 0 Å². The summed E-state index contributed by atoms with van der Waals surface area (Å²) in [7, 11) is 0. The first-order chi connectivity index (χ1) is 23.8. The highest BCUT2D eigenvalue weighted by atomic mass is 16.6. The van der Waals surface area contributed by atoms with Crippen molar-refractivity contribution in [1.82, 2.24) is 29.7 Å². The minimum Gasteiger partial charge on any atom is -0.444 e. The zero-order chi connectivity index (χ0) is 34.9. The molecule has 8 rings (SSSR count). The van der Waals surface area contributed by atoms with E-state index >= 15 is 0 Å². The van der Waals surface area contributed by atoms with Gasteiger partial charge in [0.25, 0.3) is 0 Å². The molecule has 2 aromatic heterocycles. The van der Waals surface area contributed by atoms with E-state index in [9.17, 15) is 9.59 Å². The highest BCUT2D eigenvalue weighted by molar-refractivity contribution is 5.78. The topological polar surface area (TPSA) is 116 Å². The monoisotopic (exact) mass is 676 g/mol. The normalized spacial score (nSPS) is 19.9. The smallest absolute Gasteiger partial charge is 0.410 e. The molecule has 4 aliphatic rings. The van der Waals surface area contributed by atoms with Crippen LogP contribution in [0.5, 0.6) is 0 Å². The lowest BCUT2D eigenvalue weighted by Gasteiger charge is -2.27. The highest BCUT2D eigenvalue weighted by Gasteiger charge is 2.37. The third-order valence-electron chi connectivity index (χ3n) is 10.3. The number of nitrogens with one attached hydrogen (secondary N) is 2. The average molecular weight is 677 g/mol. The lowest BCUT2D eigenvalue weighted by atomic mass is 9.87. The van der Waals surface area contributed by atoms with Crippen LogP contribution in [-0.4, -0.2) is 66.2 Å². The van der Waals surface area contributed by atoms with E-state index in [-0.39, 0.29) is 24.3 Å². The molecule has 2 aromatic carbocycles. The van der Waals surface area contributed by atoms with Gasteiger partial charge < -0.3 is 19.4 Å². The second-order valence-electron chi connectivity index (χ2n) is 16.3. The van der Waals surface area contributed by atoms with Crippen LogP contribution in [-0.2, 0) is 35.2 Å². The van der Waals surface area contributed by atoms with E-state index in [1.54, 1.807) is 0 Å². The molecule has 0 saturated carbocycles. The number of benzene rings is 2. The number of hydrogen-bond donors (Lipinski definition) is 2. The van der Waals surface area contributed by atoms with Crippen molar-refractivity contribution in [1.29, 1.82) is 0 Å². The summed E-state index contributed by atoms with van der Waals surface area (Å²) in [5, 5.41) is 0. The van der Waals surface area contributed by atoms with Crippen LogP contribution in [0.1, 0.15) is 113 Å². The average Bonchev–Trinajstić information content (AvgIpc) is 3.87. The molecule has 0 bridgehead atoms. The summed E-state index contributed by atoms with van der Waals surface area (Å²) in [4.78, 5) is 47.0. The predicted octanol–water partition coefficient (Wildman–Crippen LogP) is 8.48. The first-order valence-electron chi connectivity index (χ1n) is 18.2. The standard InChI is InChI=1S/C40H48N6O4/c1-39(2,3)49-37(47)45-19-7-9-31(45)35-41-29-17-13-25-21-23(11-15-27(25)33(29)43-35)24-12-16-28-26(22-24)14-18-30-34(28)44-36(42-30)32-10-8-20-46(32)38(48)50-40(4,5)6/h11-12,15-16,21-22,31-32H,7-10,13-14,17-20H2,1-6H3,(H,41,43)(H,42,44)/t31-,32-/m0/s1. The molecule has 10 heteroatoms. The fraction of sp³-hybridized carbons (Fsp3) is 0.500. The third kappa shape index (κ3) is 6.07. The molecule has 10 nitrogen and oxygen atoms in total. The fourth-order valence-electron chi connectivity index (χ4n) is 8.10. The van der Waals surface area contributed by atoms with Gasteiger partial charge >= 0.3 is 12.2 Å². The molecule has 2 N–H and O–H groups in total. The quantitative estimate of drug-likeness (QED) is 0.225. The summed E-state index contributed by atoms with van der Waals surface area (Å²) in [6.07, 6.45) is 6.73. The number of carbonyl (C=O) groups is 2. The Hall–Kier alpha value is -4.60. The van der Waals surface area contributed by atoms with Gasteiger partial charge in [-0.1, -0.05) is 36.4 Å². The molecule has 0 spiro atoms. The van der Waals surface area contributed by atoms with Gasteiger partial charge in [-0.25, -0.2) is 19.6 Å². The molecule has 2 fully saturated rings. The molecule has 4 aromatic rings. The van der Waals surface area contributed by atoms with Gasteiger partial charge in [0.05, 0.1) is 23.5 Å². The Morgan fingerprint density at radius 2 is 1.08 bits per heavy atom. The molecular weight excluding hydrogens is 628 g/mol.